The Morgan fingerprint density at radius 2 is 2.13 bits per heavy atom. The number of halogens is 1. The molecule has 1 atom stereocenters. The van der Waals surface area contributed by atoms with Crippen LogP contribution in [0.1, 0.15) is 6.92 Å². The van der Waals surface area contributed by atoms with Gasteiger partial charge < -0.3 is 14.6 Å². The van der Waals surface area contributed by atoms with Crippen molar-refractivity contribution in [2.45, 2.75) is 13.0 Å². The van der Waals surface area contributed by atoms with Gasteiger partial charge in [-0.2, -0.15) is 4.98 Å². The molecule has 1 unspecified atom stereocenters. The third kappa shape index (κ3) is 2.64. The molecular formula is C16H16ClN5O. The maximum atomic E-state index is 6.24. The molecule has 1 fully saturated rings. The average Bonchev–Trinajstić information content (AvgIpc) is 2.99. The number of nitrogens with zero attached hydrogens (tertiary/aromatic N) is 4. The molecule has 0 spiro atoms. The van der Waals surface area contributed by atoms with E-state index in [0.717, 1.165) is 30.7 Å². The fourth-order valence-corrected chi connectivity index (χ4v) is 3.05. The summed E-state index contributed by atoms with van der Waals surface area (Å²) in [4.78, 5) is 15.4. The fraction of sp³-hybridized carbons (Fsp3) is 0.312. The minimum Gasteiger partial charge on any atom is -0.423 e. The van der Waals surface area contributed by atoms with E-state index in [1.807, 2.05) is 12.1 Å². The van der Waals surface area contributed by atoms with E-state index in [4.69, 9.17) is 16.0 Å². The van der Waals surface area contributed by atoms with Crippen molar-refractivity contribution in [1.29, 1.82) is 0 Å². The summed E-state index contributed by atoms with van der Waals surface area (Å²) in [6, 6.07) is 6.34. The van der Waals surface area contributed by atoms with Crippen LogP contribution in [0.2, 0.25) is 5.02 Å². The fourth-order valence-electron chi connectivity index (χ4n) is 2.84. The maximum Gasteiger partial charge on any atom is 0.298 e. The number of hydrogen-bond donors (Lipinski definition) is 1. The highest BCUT2D eigenvalue weighted by molar-refractivity contribution is 6.31. The highest BCUT2D eigenvalue weighted by Gasteiger charge is 2.24. The largest absolute Gasteiger partial charge is 0.423 e. The third-order valence-electron chi connectivity index (χ3n) is 4.00. The topological polar surface area (TPSA) is 67.1 Å². The molecule has 3 aromatic rings. The highest BCUT2D eigenvalue weighted by Crippen LogP contribution is 2.33. The first kappa shape index (κ1) is 14.4. The number of fused-ring (bicyclic) bond motifs is 1. The minimum atomic E-state index is 0.323. The van der Waals surface area contributed by atoms with Crippen molar-refractivity contribution in [3.05, 3.63) is 35.6 Å². The van der Waals surface area contributed by atoms with E-state index in [1.165, 1.54) is 0 Å². The van der Waals surface area contributed by atoms with Crippen molar-refractivity contribution in [2.24, 2.45) is 0 Å². The van der Waals surface area contributed by atoms with Gasteiger partial charge in [0, 0.05) is 43.1 Å². The van der Waals surface area contributed by atoms with Gasteiger partial charge in [-0.25, -0.2) is 9.97 Å². The van der Waals surface area contributed by atoms with E-state index >= 15 is 0 Å². The molecule has 7 heteroatoms. The lowest BCUT2D eigenvalue weighted by molar-refractivity contribution is 0.456. The van der Waals surface area contributed by atoms with Gasteiger partial charge in [0.1, 0.15) is 5.52 Å². The predicted octanol–water partition coefficient (Wildman–Crippen LogP) is 2.74. The van der Waals surface area contributed by atoms with Crippen molar-refractivity contribution in [1.82, 2.24) is 20.3 Å². The zero-order valence-corrected chi connectivity index (χ0v) is 13.4. The molecule has 23 heavy (non-hydrogen) atoms. The Bertz CT molecular complexity index is 835. The third-order valence-corrected chi connectivity index (χ3v) is 4.22. The molecule has 3 heterocycles. The SMILES string of the molecule is CC1CNCCN1c1nc2cc(Cl)cc(-c3ncccn3)c2o1. The molecule has 0 bridgehead atoms. The lowest BCUT2D eigenvalue weighted by atomic mass is 10.2. The minimum absolute atomic E-state index is 0.323. The predicted molar refractivity (Wildman–Crippen MR) is 89.7 cm³/mol. The Morgan fingerprint density at radius 1 is 1.30 bits per heavy atom. The molecular weight excluding hydrogens is 314 g/mol. The van der Waals surface area contributed by atoms with Crippen LogP contribution >= 0.6 is 11.6 Å². The molecule has 0 amide bonds. The Hall–Kier alpha value is -2.18. The van der Waals surface area contributed by atoms with Crippen LogP contribution in [-0.4, -0.2) is 40.6 Å². The monoisotopic (exact) mass is 329 g/mol. The van der Waals surface area contributed by atoms with E-state index in [1.54, 1.807) is 18.5 Å². The smallest absolute Gasteiger partial charge is 0.298 e. The molecule has 0 saturated carbocycles. The number of anilines is 1. The van der Waals surface area contributed by atoms with Gasteiger partial charge in [-0.1, -0.05) is 11.6 Å². The van der Waals surface area contributed by atoms with Gasteiger partial charge >= 0.3 is 0 Å². The van der Waals surface area contributed by atoms with E-state index < -0.39 is 0 Å². The second-order valence-electron chi connectivity index (χ2n) is 5.62. The summed E-state index contributed by atoms with van der Waals surface area (Å²) < 4.78 is 6.07. The number of aromatic nitrogens is 3. The maximum absolute atomic E-state index is 6.24. The first-order chi connectivity index (χ1) is 11.2. The number of oxazole rings is 1. The summed E-state index contributed by atoms with van der Waals surface area (Å²) in [7, 11) is 0. The van der Waals surface area contributed by atoms with Crippen LogP contribution in [0.15, 0.2) is 35.0 Å². The Balaban J connectivity index is 1.85. The zero-order chi connectivity index (χ0) is 15.8. The summed E-state index contributed by atoms with van der Waals surface area (Å²) in [6.07, 6.45) is 3.40. The van der Waals surface area contributed by atoms with E-state index in [-0.39, 0.29) is 0 Å². The van der Waals surface area contributed by atoms with Gasteiger partial charge in [-0.15, -0.1) is 0 Å². The van der Waals surface area contributed by atoms with Gasteiger partial charge in [-0.05, 0) is 25.1 Å². The molecule has 2 aromatic heterocycles. The standard InChI is InChI=1S/C16H16ClN5O/c1-10-9-18-5-6-22(10)16-21-13-8-11(17)7-12(14(13)23-16)15-19-3-2-4-20-15/h2-4,7-8,10,18H,5-6,9H2,1H3. The first-order valence-corrected chi connectivity index (χ1v) is 7.95. The Morgan fingerprint density at radius 3 is 2.91 bits per heavy atom. The van der Waals surface area contributed by atoms with Crippen molar-refractivity contribution >= 4 is 28.7 Å². The normalized spacial score (nSPS) is 18.5. The highest BCUT2D eigenvalue weighted by atomic mass is 35.5. The van der Waals surface area contributed by atoms with Gasteiger partial charge in [0.15, 0.2) is 11.4 Å². The van der Waals surface area contributed by atoms with Gasteiger partial charge in [-0.3, -0.25) is 0 Å². The zero-order valence-electron chi connectivity index (χ0n) is 12.7. The number of hydrogen-bond acceptors (Lipinski definition) is 6. The molecule has 4 rings (SSSR count). The molecule has 1 aliphatic heterocycles. The number of rotatable bonds is 2. The molecule has 0 radical (unpaired) electrons. The van der Waals surface area contributed by atoms with Gasteiger partial charge in [0.05, 0.1) is 5.56 Å². The van der Waals surface area contributed by atoms with Crippen LogP contribution in [0.25, 0.3) is 22.5 Å². The summed E-state index contributed by atoms with van der Waals surface area (Å²) >= 11 is 6.24. The quantitative estimate of drug-likeness (QED) is 0.779. The van der Waals surface area contributed by atoms with Crippen LogP contribution in [0, 0.1) is 0 Å². The summed E-state index contributed by atoms with van der Waals surface area (Å²) in [5.74, 6) is 0.580. The molecule has 6 nitrogen and oxygen atoms in total. The molecule has 1 aliphatic rings. The molecule has 1 aromatic carbocycles. The second-order valence-corrected chi connectivity index (χ2v) is 6.05. The van der Waals surface area contributed by atoms with Crippen molar-refractivity contribution in [3.63, 3.8) is 0 Å². The van der Waals surface area contributed by atoms with E-state index in [2.05, 4.69) is 32.1 Å². The first-order valence-electron chi connectivity index (χ1n) is 7.57. The molecule has 0 aliphatic carbocycles. The Labute approximate surface area is 138 Å². The van der Waals surface area contributed by atoms with Crippen molar-refractivity contribution in [3.8, 4) is 11.4 Å². The van der Waals surface area contributed by atoms with E-state index in [9.17, 15) is 0 Å². The van der Waals surface area contributed by atoms with Crippen LogP contribution in [0.5, 0.6) is 0 Å². The number of nitrogens with one attached hydrogen (secondary N) is 1. The summed E-state index contributed by atoms with van der Waals surface area (Å²) in [5, 5.41) is 3.95. The van der Waals surface area contributed by atoms with Gasteiger partial charge in [0.2, 0.25) is 0 Å². The average molecular weight is 330 g/mol. The number of benzene rings is 1. The Kier molecular flexibility index (Phi) is 3.63. The van der Waals surface area contributed by atoms with Gasteiger partial charge in [0.25, 0.3) is 6.01 Å². The van der Waals surface area contributed by atoms with E-state index in [0.29, 0.717) is 28.5 Å². The lowest BCUT2D eigenvalue weighted by Crippen LogP contribution is -2.50. The van der Waals surface area contributed by atoms with Crippen LogP contribution in [0.3, 0.4) is 0 Å². The number of piperazine rings is 1. The van der Waals surface area contributed by atoms with Crippen molar-refractivity contribution < 1.29 is 4.42 Å². The summed E-state index contributed by atoms with van der Waals surface area (Å²) in [6.45, 7) is 4.83. The van der Waals surface area contributed by atoms with Crippen molar-refractivity contribution in [2.75, 3.05) is 24.5 Å². The van der Waals surface area contributed by atoms with Crippen LogP contribution in [-0.2, 0) is 0 Å². The summed E-state index contributed by atoms with van der Waals surface area (Å²) in [5.41, 5.74) is 2.15. The molecule has 118 valence electrons. The molecule has 1 N–H and O–H groups in total. The molecule has 1 saturated heterocycles. The second kappa shape index (κ2) is 5.79. The van der Waals surface area contributed by atoms with Crippen LogP contribution < -0.4 is 10.2 Å². The van der Waals surface area contributed by atoms with Crippen LogP contribution in [0.4, 0.5) is 6.01 Å². The lowest BCUT2D eigenvalue weighted by Gasteiger charge is -2.32.